The summed E-state index contributed by atoms with van der Waals surface area (Å²) in [6.07, 6.45) is 6.32. The van der Waals surface area contributed by atoms with Crippen molar-refractivity contribution in [2.45, 2.75) is 46.0 Å². The Morgan fingerprint density at radius 2 is 1.95 bits per heavy atom. The fourth-order valence-electron chi connectivity index (χ4n) is 2.13. The fraction of sp³-hybridized carbons (Fsp3) is 0.588. The van der Waals surface area contributed by atoms with Crippen LogP contribution in [0, 0.1) is 5.92 Å². The molecule has 0 aliphatic carbocycles. The van der Waals surface area contributed by atoms with E-state index < -0.39 is 0 Å². The molecular weight excluding hydrogens is 328 g/mol. The highest BCUT2D eigenvalue weighted by Gasteiger charge is 2.02. The number of hydrogen-bond acceptors (Lipinski definition) is 2. The zero-order chi connectivity index (χ0) is 15.5. The molecule has 3 nitrogen and oxygen atoms in total. The summed E-state index contributed by atoms with van der Waals surface area (Å²) in [6.45, 7) is 5.82. The van der Waals surface area contributed by atoms with E-state index in [0.717, 1.165) is 29.0 Å². The highest BCUT2D eigenvalue weighted by molar-refractivity contribution is 9.10. The lowest BCUT2D eigenvalue weighted by molar-refractivity contribution is -0.115. The van der Waals surface area contributed by atoms with E-state index in [1.54, 1.807) is 0 Å². The van der Waals surface area contributed by atoms with Crippen molar-refractivity contribution in [2.75, 3.05) is 18.4 Å². The van der Waals surface area contributed by atoms with Crippen molar-refractivity contribution in [2.24, 2.45) is 5.92 Å². The van der Waals surface area contributed by atoms with Crippen LogP contribution in [-0.4, -0.2) is 19.0 Å². The van der Waals surface area contributed by atoms with E-state index in [0.29, 0.717) is 6.54 Å². The lowest BCUT2D eigenvalue weighted by Gasteiger charge is -2.07. The molecular formula is C17H27BrN2O. The Labute approximate surface area is 137 Å². The van der Waals surface area contributed by atoms with Crippen LogP contribution in [0.25, 0.3) is 0 Å². The molecule has 0 bridgehead atoms. The molecule has 1 amide bonds. The van der Waals surface area contributed by atoms with Crippen molar-refractivity contribution in [3.8, 4) is 0 Å². The smallest absolute Gasteiger partial charge is 0.238 e. The molecule has 0 unspecified atom stereocenters. The van der Waals surface area contributed by atoms with Gasteiger partial charge in [-0.15, -0.1) is 0 Å². The Morgan fingerprint density at radius 1 is 1.19 bits per heavy atom. The van der Waals surface area contributed by atoms with Crippen LogP contribution in [-0.2, 0) is 4.79 Å². The molecule has 0 aliphatic rings. The van der Waals surface area contributed by atoms with Gasteiger partial charge in [0.2, 0.25) is 5.91 Å². The molecule has 0 fully saturated rings. The fourth-order valence-corrected chi connectivity index (χ4v) is 2.53. The zero-order valence-electron chi connectivity index (χ0n) is 13.1. The normalized spacial score (nSPS) is 10.9. The van der Waals surface area contributed by atoms with Gasteiger partial charge in [0, 0.05) is 10.2 Å². The van der Waals surface area contributed by atoms with E-state index in [1.165, 1.54) is 25.7 Å². The van der Waals surface area contributed by atoms with Gasteiger partial charge < -0.3 is 10.6 Å². The van der Waals surface area contributed by atoms with E-state index in [2.05, 4.69) is 40.4 Å². The summed E-state index contributed by atoms with van der Waals surface area (Å²) in [7, 11) is 0. The summed E-state index contributed by atoms with van der Waals surface area (Å²) in [4.78, 5) is 11.7. The SMILES string of the molecule is CC(C)CCCCCCNCC(=O)Nc1cccc(Br)c1. The van der Waals surface area contributed by atoms with Gasteiger partial charge in [0.05, 0.1) is 6.54 Å². The number of nitrogens with one attached hydrogen (secondary N) is 2. The minimum atomic E-state index is 0.00732. The minimum Gasteiger partial charge on any atom is -0.325 e. The molecule has 1 aromatic carbocycles. The molecule has 4 heteroatoms. The molecule has 0 radical (unpaired) electrons. The number of hydrogen-bond donors (Lipinski definition) is 2. The molecule has 0 saturated heterocycles. The van der Waals surface area contributed by atoms with Crippen molar-refractivity contribution < 1.29 is 4.79 Å². The van der Waals surface area contributed by atoms with Crippen molar-refractivity contribution >= 4 is 27.5 Å². The average molecular weight is 355 g/mol. The van der Waals surface area contributed by atoms with Crippen LogP contribution in [0.2, 0.25) is 0 Å². The van der Waals surface area contributed by atoms with Gasteiger partial charge in [-0.3, -0.25) is 4.79 Å². The molecule has 1 aromatic rings. The van der Waals surface area contributed by atoms with E-state index >= 15 is 0 Å². The Hall–Kier alpha value is -0.870. The maximum Gasteiger partial charge on any atom is 0.238 e. The second-order valence-corrected chi connectivity index (χ2v) is 6.75. The number of anilines is 1. The van der Waals surface area contributed by atoms with Crippen LogP contribution in [0.5, 0.6) is 0 Å². The van der Waals surface area contributed by atoms with E-state index in [9.17, 15) is 4.79 Å². The summed E-state index contributed by atoms with van der Waals surface area (Å²) in [6, 6.07) is 7.63. The Balaban J connectivity index is 2.01. The van der Waals surface area contributed by atoms with Gasteiger partial charge in [-0.25, -0.2) is 0 Å². The highest BCUT2D eigenvalue weighted by Crippen LogP contribution is 2.15. The molecule has 2 N–H and O–H groups in total. The Bertz CT molecular complexity index is 421. The van der Waals surface area contributed by atoms with E-state index in [-0.39, 0.29) is 5.91 Å². The number of halogens is 1. The monoisotopic (exact) mass is 354 g/mol. The van der Waals surface area contributed by atoms with Gasteiger partial charge in [0.15, 0.2) is 0 Å². The third-order valence-corrected chi connectivity index (χ3v) is 3.77. The Kier molecular flexibility index (Phi) is 9.35. The molecule has 0 spiro atoms. The van der Waals surface area contributed by atoms with Crippen LogP contribution in [0.3, 0.4) is 0 Å². The van der Waals surface area contributed by atoms with Crippen LogP contribution in [0.15, 0.2) is 28.7 Å². The first-order chi connectivity index (χ1) is 10.1. The number of amides is 1. The molecule has 0 aromatic heterocycles. The summed E-state index contributed by atoms with van der Waals surface area (Å²) in [5, 5.41) is 6.07. The topological polar surface area (TPSA) is 41.1 Å². The van der Waals surface area contributed by atoms with E-state index in [1.807, 2.05) is 24.3 Å². The molecule has 118 valence electrons. The van der Waals surface area contributed by atoms with Crippen LogP contribution in [0.4, 0.5) is 5.69 Å². The van der Waals surface area contributed by atoms with Crippen LogP contribution in [0.1, 0.15) is 46.0 Å². The maximum atomic E-state index is 11.7. The summed E-state index contributed by atoms with van der Waals surface area (Å²) >= 11 is 3.39. The third kappa shape index (κ3) is 9.64. The van der Waals surface area contributed by atoms with Crippen molar-refractivity contribution in [3.05, 3.63) is 28.7 Å². The molecule has 0 aliphatic heterocycles. The summed E-state index contributed by atoms with van der Waals surface area (Å²) < 4.78 is 0.967. The van der Waals surface area contributed by atoms with Gasteiger partial charge in [0.25, 0.3) is 0 Å². The number of unbranched alkanes of at least 4 members (excludes halogenated alkanes) is 3. The maximum absolute atomic E-state index is 11.7. The van der Waals surface area contributed by atoms with Gasteiger partial charge in [-0.2, -0.15) is 0 Å². The number of carbonyl (C=O) groups excluding carboxylic acids is 1. The van der Waals surface area contributed by atoms with E-state index in [4.69, 9.17) is 0 Å². The predicted octanol–water partition coefficient (Wildman–Crippen LogP) is 4.58. The molecule has 0 heterocycles. The van der Waals surface area contributed by atoms with Crippen LogP contribution < -0.4 is 10.6 Å². The molecule has 0 saturated carbocycles. The first kappa shape index (κ1) is 18.2. The molecule has 21 heavy (non-hydrogen) atoms. The number of carbonyl (C=O) groups is 1. The van der Waals surface area contributed by atoms with Crippen molar-refractivity contribution in [1.29, 1.82) is 0 Å². The van der Waals surface area contributed by atoms with Gasteiger partial charge in [-0.05, 0) is 37.1 Å². The molecule has 1 rings (SSSR count). The predicted molar refractivity (Wildman–Crippen MR) is 93.6 cm³/mol. The minimum absolute atomic E-state index is 0.00732. The third-order valence-electron chi connectivity index (χ3n) is 3.28. The first-order valence-electron chi connectivity index (χ1n) is 7.84. The molecule has 0 atom stereocenters. The lowest BCUT2D eigenvalue weighted by Crippen LogP contribution is -2.28. The van der Waals surface area contributed by atoms with Crippen LogP contribution >= 0.6 is 15.9 Å². The van der Waals surface area contributed by atoms with Gasteiger partial charge in [-0.1, -0.05) is 61.5 Å². The first-order valence-corrected chi connectivity index (χ1v) is 8.63. The summed E-state index contributed by atoms with van der Waals surface area (Å²) in [5.41, 5.74) is 0.824. The highest BCUT2D eigenvalue weighted by atomic mass is 79.9. The lowest BCUT2D eigenvalue weighted by atomic mass is 10.0. The second kappa shape index (κ2) is 10.8. The summed E-state index contributed by atoms with van der Waals surface area (Å²) in [5.74, 6) is 0.817. The average Bonchev–Trinajstić information content (AvgIpc) is 2.41. The Morgan fingerprint density at radius 3 is 2.67 bits per heavy atom. The van der Waals surface area contributed by atoms with Crippen molar-refractivity contribution in [1.82, 2.24) is 5.32 Å². The largest absolute Gasteiger partial charge is 0.325 e. The number of benzene rings is 1. The zero-order valence-corrected chi connectivity index (χ0v) is 14.7. The standard InChI is InChI=1S/C17H27BrN2O/c1-14(2)8-5-3-4-6-11-19-13-17(21)20-16-10-7-9-15(18)12-16/h7,9-10,12,14,19H,3-6,8,11,13H2,1-2H3,(H,20,21). The second-order valence-electron chi connectivity index (χ2n) is 5.83. The number of rotatable bonds is 10. The van der Waals surface area contributed by atoms with Gasteiger partial charge >= 0.3 is 0 Å². The van der Waals surface area contributed by atoms with Crippen molar-refractivity contribution in [3.63, 3.8) is 0 Å². The van der Waals surface area contributed by atoms with Gasteiger partial charge in [0.1, 0.15) is 0 Å². The quantitative estimate of drug-likeness (QED) is 0.603.